The van der Waals surface area contributed by atoms with E-state index in [0.29, 0.717) is 11.1 Å². The summed E-state index contributed by atoms with van der Waals surface area (Å²) in [4.78, 5) is 15.2. The first-order valence-corrected chi connectivity index (χ1v) is 5.63. The van der Waals surface area contributed by atoms with Crippen LogP contribution in [-0.2, 0) is 0 Å². The Bertz CT molecular complexity index is 640. The zero-order chi connectivity index (χ0) is 11.0. The third kappa shape index (κ3) is 1.35. The first-order valence-electron chi connectivity index (χ1n) is 4.75. The largest absolute Gasteiger partial charge is 0.464 e. The molecule has 16 heavy (non-hydrogen) atoms. The van der Waals surface area contributed by atoms with Gasteiger partial charge in [-0.1, -0.05) is 0 Å². The zero-order valence-electron chi connectivity index (χ0n) is 8.21. The van der Waals surface area contributed by atoms with Crippen molar-refractivity contribution in [2.75, 3.05) is 0 Å². The highest BCUT2D eigenvalue weighted by molar-refractivity contribution is 7.13. The molecule has 0 aliphatic carbocycles. The van der Waals surface area contributed by atoms with Gasteiger partial charge in [-0.2, -0.15) is 0 Å². The van der Waals surface area contributed by atoms with Gasteiger partial charge in [-0.3, -0.25) is 4.79 Å². The summed E-state index contributed by atoms with van der Waals surface area (Å²) in [6.07, 6.45) is 4.15. The van der Waals surface area contributed by atoms with Gasteiger partial charge in [0.1, 0.15) is 10.6 Å². The first kappa shape index (κ1) is 9.30. The van der Waals surface area contributed by atoms with Crippen LogP contribution in [0.1, 0.15) is 10.4 Å². The summed E-state index contributed by atoms with van der Waals surface area (Å²) in [6.45, 7) is 0. The lowest BCUT2D eigenvalue weighted by molar-refractivity contribution is 0.112. The summed E-state index contributed by atoms with van der Waals surface area (Å²) < 4.78 is 5.26. The van der Waals surface area contributed by atoms with E-state index in [0.717, 1.165) is 22.2 Å². The Kier molecular flexibility index (Phi) is 2.08. The molecule has 78 valence electrons. The van der Waals surface area contributed by atoms with Crippen molar-refractivity contribution in [1.29, 1.82) is 0 Å². The van der Waals surface area contributed by atoms with Crippen molar-refractivity contribution in [2.45, 2.75) is 0 Å². The number of thiazole rings is 1. The number of benzene rings is 1. The van der Waals surface area contributed by atoms with Crippen molar-refractivity contribution >= 4 is 28.6 Å². The molecule has 0 atom stereocenters. The van der Waals surface area contributed by atoms with Crippen molar-refractivity contribution in [3.63, 3.8) is 0 Å². The van der Waals surface area contributed by atoms with Gasteiger partial charge in [0, 0.05) is 22.5 Å². The lowest BCUT2D eigenvalue weighted by Crippen LogP contribution is -1.83. The van der Waals surface area contributed by atoms with Crippen molar-refractivity contribution in [3.8, 4) is 10.6 Å². The van der Waals surface area contributed by atoms with E-state index in [1.807, 2.05) is 17.5 Å². The zero-order valence-corrected chi connectivity index (χ0v) is 9.03. The molecule has 0 unspecified atom stereocenters. The second-order valence-electron chi connectivity index (χ2n) is 3.36. The Balaban J connectivity index is 2.31. The number of aromatic nitrogens is 1. The molecule has 0 saturated carbocycles. The lowest BCUT2D eigenvalue weighted by Gasteiger charge is -1.99. The molecule has 0 fully saturated rings. The minimum absolute atomic E-state index is 0.563. The predicted octanol–water partition coefficient (Wildman–Crippen LogP) is 3.37. The molecule has 0 radical (unpaired) electrons. The number of hydrogen-bond donors (Lipinski definition) is 0. The number of hydrogen-bond acceptors (Lipinski definition) is 4. The highest BCUT2D eigenvalue weighted by Crippen LogP contribution is 2.28. The van der Waals surface area contributed by atoms with E-state index in [2.05, 4.69) is 4.98 Å². The standard InChI is InChI=1S/C12H7NO2S/c14-7-10-6-9(12-13-2-4-16-12)5-8-1-3-15-11(8)10/h1-7H. The highest BCUT2D eigenvalue weighted by atomic mass is 32.1. The maximum absolute atomic E-state index is 11.0. The molecular formula is C12H7NO2S. The van der Waals surface area contributed by atoms with Gasteiger partial charge in [-0.05, 0) is 18.2 Å². The van der Waals surface area contributed by atoms with Crippen molar-refractivity contribution < 1.29 is 9.21 Å². The molecule has 0 spiro atoms. The SMILES string of the molecule is O=Cc1cc(-c2nccs2)cc2ccoc12. The number of fused-ring (bicyclic) bond motifs is 1. The minimum Gasteiger partial charge on any atom is -0.464 e. The molecule has 0 aliphatic heterocycles. The van der Waals surface area contributed by atoms with Crippen LogP contribution in [-0.4, -0.2) is 11.3 Å². The molecule has 3 aromatic rings. The summed E-state index contributed by atoms with van der Waals surface area (Å²) in [5.41, 5.74) is 2.15. The Morgan fingerprint density at radius 3 is 3.06 bits per heavy atom. The van der Waals surface area contributed by atoms with Gasteiger partial charge in [0.15, 0.2) is 6.29 Å². The number of carbonyl (C=O) groups is 1. The summed E-state index contributed by atoms with van der Waals surface area (Å²) in [7, 11) is 0. The van der Waals surface area contributed by atoms with Gasteiger partial charge in [0.2, 0.25) is 0 Å². The van der Waals surface area contributed by atoms with Crippen LogP contribution in [0.15, 0.2) is 40.5 Å². The smallest absolute Gasteiger partial charge is 0.153 e. The Labute approximate surface area is 95.4 Å². The van der Waals surface area contributed by atoms with Gasteiger partial charge >= 0.3 is 0 Å². The fourth-order valence-corrected chi connectivity index (χ4v) is 2.31. The molecule has 0 aliphatic rings. The average molecular weight is 229 g/mol. The summed E-state index contributed by atoms with van der Waals surface area (Å²) in [5.74, 6) is 0. The number of aldehydes is 1. The van der Waals surface area contributed by atoms with Gasteiger partial charge in [-0.15, -0.1) is 11.3 Å². The monoisotopic (exact) mass is 229 g/mol. The first-order chi connectivity index (χ1) is 7.88. The van der Waals surface area contributed by atoms with Crippen LogP contribution in [0, 0.1) is 0 Å². The number of carbonyl (C=O) groups excluding carboxylic acids is 1. The molecule has 3 nitrogen and oxygen atoms in total. The Hall–Kier alpha value is -1.94. The molecular weight excluding hydrogens is 222 g/mol. The van der Waals surface area contributed by atoms with Crippen LogP contribution in [0.5, 0.6) is 0 Å². The van der Waals surface area contributed by atoms with E-state index in [-0.39, 0.29) is 0 Å². The normalized spacial score (nSPS) is 10.8. The number of nitrogens with zero attached hydrogens (tertiary/aromatic N) is 1. The molecule has 2 aromatic heterocycles. The average Bonchev–Trinajstić information content (AvgIpc) is 2.97. The van der Waals surface area contributed by atoms with E-state index in [4.69, 9.17) is 4.42 Å². The predicted molar refractivity (Wildman–Crippen MR) is 62.7 cm³/mol. The van der Waals surface area contributed by atoms with Crippen molar-refractivity contribution in [2.24, 2.45) is 0 Å². The van der Waals surface area contributed by atoms with Crippen LogP contribution in [0.2, 0.25) is 0 Å². The van der Waals surface area contributed by atoms with E-state index in [9.17, 15) is 4.79 Å². The second kappa shape index (κ2) is 3.57. The fraction of sp³-hybridized carbons (Fsp3) is 0. The Morgan fingerprint density at radius 1 is 1.38 bits per heavy atom. The number of furan rings is 1. The molecule has 0 N–H and O–H groups in total. The van der Waals surface area contributed by atoms with E-state index < -0.39 is 0 Å². The third-order valence-corrected chi connectivity index (χ3v) is 3.21. The maximum atomic E-state index is 11.0. The van der Waals surface area contributed by atoms with Gasteiger partial charge in [0.25, 0.3) is 0 Å². The van der Waals surface area contributed by atoms with Gasteiger partial charge in [0.05, 0.1) is 11.8 Å². The van der Waals surface area contributed by atoms with E-state index in [1.165, 1.54) is 0 Å². The second-order valence-corrected chi connectivity index (χ2v) is 4.25. The molecule has 2 heterocycles. The number of rotatable bonds is 2. The quantitative estimate of drug-likeness (QED) is 0.633. The summed E-state index contributed by atoms with van der Waals surface area (Å²) >= 11 is 1.55. The van der Waals surface area contributed by atoms with Crippen LogP contribution in [0.3, 0.4) is 0 Å². The van der Waals surface area contributed by atoms with Gasteiger partial charge in [-0.25, -0.2) is 4.98 Å². The molecule has 4 heteroatoms. The molecule has 0 saturated heterocycles. The summed E-state index contributed by atoms with van der Waals surface area (Å²) in [6, 6.07) is 5.63. The molecule has 1 aromatic carbocycles. The van der Waals surface area contributed by atoms with Crippen LogP contribution in [0.25, 0.3) is 21.5 Å². The van der Waals surface area contributed by atoms with Crippen LogP contribution >= 0.6 is 11.3 Å². The molecule has 0 bridgehead atoms. The van der Waals surface area contributed by atoms with Gasteiger partial charge < -0.3 is 4.42 Å². The van der Waals surface area contributed by atoms with E-state index >= 15 is 0 Å². The third-order valence-electron chi connectivity index (χ3n) is 2.39. The van der Waals surface area contributed by atoms with Crippen molar-refractivity contribution in [1.82, 2.24) is 4.98 Å². The molecule has 3 rings (SSSR count). The minimum atomic E-state index is 0.563. The summed E-state index contributed by atoms with van der Waals surface area (Å²) in [5, 5.41) is 3.75. The topological polar surface area (TPSA) is 43.1 Å². The van der Waals surface area contributed by atoms with Crippen LogP contribution < -0.4 is 0 Å². The highest BCUT2D eigenvalue weighted by Gasteiger charge is 2.09. The van der Waals surface area contributed by atoms with Crippen LogP contribution in [0.4, 0.5) is 0 Å². The molecule has 0 amide bonds. The Morgan fingerprint density at radius 2 is 2.31 bits per heavy atom. The fourth-order valence-electron chi connectivity index (χ4n) is 1.69. The van der Waals surface area contributed by atoms with E-state index in [1.54, 1.807) is 29.9 Å². The van der Waals surface area contributed by atoms with Crippen molar-refractivity contribution in [3.05, 3.63) is 41.6 Å². The maximum Gasteiger partial charge on any atom is 0.153 e. The lowest BCUT2D eigenvalue weighted by atomic mass is 10.1.